The Morgan fingerprint density at radius 3 is 2.93 bits per heavy atom. The van der Waals surface area contributed by atoms with E-state index in [0.29, 0.717) is 36.9 Å². The largest absolute Gasteiger partial charge is 0.486 e. The van der Waals surface area contributed by atoms with Gasteiger partial charge in [-0.2, -0.15) is 0 Å². The van der Waals surface area contributed by atoms with E-state index in [1.165, 1.54) is 0 Å². The number of rotatable bonds is 5. The van der Waals surface area contributed by atoms with E-state index in [4.69, 9.17) is 9.47 Å². The first-order chi connectivity index (χ1) is 13.1. The Hall–Kier alpha value is -3.10. The van der Waals surface area contributed by atoms with Crippen LogP contribution in [0.3, 0.4) is 0 Å². The van der Waals surface area contributed by atoms with Crippen molar-refractivity contribution in [1.29, 1.82) is 0 Å². The third-order valence-electron chi connectivity index (χ3n) is 4.56. The molecule has 0 saturated carbocycles. The van der Waals surface area contributed by atoms with Crippen LogP contribution < -0.4 is 19.7 Å². The third-order valence-corrected chi connectivity index (χ3v) is 4.56. The summed E-state index contributed by atoms with van der Waals surface area (Å²) in [5, 5.41) is 6.90. The number of aryl methyl sites for hydroxylation is 1. The Kier molecular flexibility index (Phi) is 4.66. The fraction of sp³-hybridized carbons (Fsp3) is 0.444. The summed E-state index contributed by atoms with van der Waals surface area (Å²) in [6, 6.07) is 5.37. The molecule has 4 rings (SSSR count). The smallest absolute Gasteiger partial charge is 0.248 e. The molecule has 1 unspecified atom stereocenters. The lowest BCUT2D eigenvalue weighted by atomic mass is 10.1. The molecule has 0 spiro atoms. The van der Waals surface area contributed by atoms with Crippen LogP contribution in [0.15, 0.2) is 24.5 Å². The molecule has 27 heavy (non-hydrogen) atoms. The molecule has 3 heterocycles. The predicted octanol–water partition coefficient (Wildman–Crippen LogP) is 1.45. The van der Waals surface area contributed by atoms with Crippen LogP contribution in [0.25, 0.3) is 0 Å². The van der Waals surface area contributed by atoms with Gasteiger partial charge < -0.3 is 14.4 Å². The minimum Gasteiger partial charge on any atom is -0.486 e. The van der Waals surface area contributed by atoms with Crippen molar-refractivity contribution in [3.8, 4) is 11.5 Å². The summed E-state index contributed by atoms with van der Waals surface area (Å²) in [4.78, 5) is 30.6. The Bertz CT molecular complexity index is 865. The molecule has 0 radical (unpaired) electrons. The first kappa shape index (κ1) is 17.3. The van der Waals surface area contributed by atoms with E-state index in [0.717, 1.165) is 13.0 Å². The SMILES string of the molecule is CCCn1cnc(NC(=O)C2CC(=O)N(c3ccc4c(c3)OCCO4)C2)n1. The van der Waals surface area contributed by atoms with E-state index in [9.17, 15) is 9.59 Å². The van der Waals surface area contributed by atoms with Gasteiger partial charge in [0.1, 0.15) is 19.5 Å². The summed E-state index contributed by atoms with van der Waals surface area (Å²) in [5.74, 6) is 0.737. The van der Waals surface area contributed by atoms with Crippen molar-refractivity contribution in [3.05, 3.63) is 24.5 Å². The normalized spacial score (nSPS) is 18.6. The summed E-state index contributed by atoms with van der Waals surface area (Å²) in [5.41, 5.74) is 0.699. The monoisotopic (exact) mass is 371 g/mol. The number of hydrogen-bond donors (Lipinski definition) is 1. The second-order valence-electron chi connectivity index (χ2n) is 6.55. The zero-order chi connectivity index (χ0) is 18.8. The molecule has 2 aromatic rings. The van der Waals surface area contributed by atoms with Crippen LogP contribution >= 0.6 is 0 Å². The maximum atomic E-state index is 12.5. The van der Waals surface area contributed by atoms with Crippen LogP contribution in [0.4, 0.5) is 11.6 Å². The maximum absolute atomic E-state index is 12.5. The Morgan fingerprint density at radius 1 is 1.30 bits per heavy atom. The summed E-state index contributed by atoms with van der Waals surface area (Å²) in [6.07, 6.45) is 2.66. The average Bonchev–Trinajstić information content (AvgIpc) is 3.28. The van der Waals surface area contributed by atoms with Gasteiger partial charge in [-0.05, 0) is 18.6 Å². The van der Waals surface area contributed by atoms with E-state index in [1.54, 1.807) is 34.1 Å². The number of hydrogen-bond acceptors (Lipinski definition) is 6. The van der Waals surface area contributed by atoms with Gasteiger partial charge >= 0.3 is 0 Å². The molecular weight excluding hydrogens is 350 g/mol. The number of nitrogens with one attached hydrogen (secondary N) is 1. The number of nitrogens with zero attached hydrogens (tertiary/aromatic N) is 4. The third kappa shape index (κ3) is 3.57. The zero-order valence-corrected chi connectivity index (χ0v) is 15.1. The summed E-state index contributed by atoms with van der Waals surface area (Å²) < 4.78 is 12.8. The Morgan fingerprint density at radius 2 is 2.11 bits per heavy atom. The first-order valence-electron chi connectivity index (χ1n) is 9.04. The molecule has 142 valence electrons. The number of anilines is 2. The highest BCUT2D eigenvalue weighted by Gasteiger charge is 2.36. The molecule has 1 atom stereocenters. The number of aromatic nitrogens is 3. The van der Waals surface area contributed by atoms with Gasteiger partial charge in [0.25, 0.3) is 0 Å². The van der Waals surface area contributed by atoms with Gasteiger partial charge in [-0.25, -0.2) is 4.98 Å². The number of amides is 2. The number of ether oxygens (including phenoxy) is 2. The van der Waals surface area contributed by atoms with E-state index in [1.807, 2.05) is 6.92 Å². The van der Waals surface area contributed by atoms with Gasteiger partial charge in [-0.1, -0.05) is 6.92 Å². The lowest BCUT2D eigenvalue weighted by Crippen LogP contribution is -2.28. The lowest BCUT2D eigenvalue weighted by molar-refractivity contribution is -0.122. The van der Waals surface area contributed by atoms with Crippen LogP contribution in [-0.2, 0) is 16.1 Å². The van der Waals surface area contributed by atoms with Crippen molar-refractivity contribution in [2.75, 3.05) is 30.0 Å². The molecule has 1 aromatic carbocycles. The van der Waals surface area contributed by atoms with Gasteiger partial charge in [-0.15, -0.1) is 5.10 Å². The van der Waals surface area contributed by atoms with Crippen molar-refractivity contribution in [2.45, 2.75) is 26.3 Å². The van der Waals surface area contributed by atoms with Crippen LogP contribution in [-0.4, -0.2) is 46.3 Å². The molecule has 0 aliphatic carbocycles. The summed E-state index contributed by atoms with van der Waals surface area (Å²) >= 11 is 0. The molecule has 2 aliphatic heterocycles. The van der Waals surface area contributed by atoms with Gasteiger partial charge in [0.2, 0.25) is 17.8 Å². The van der Waals surface area contributed by atoms with Crippen LogP contribution in [0, 0.1) is 5.92 Å². The van der Waals surface area contributed by atoms with E-state index < -0.39 is 5.92 Å². The minimum atomic E-state index is -0.455. The molecule has 1 fully saturated rings. The van der Waals surface area contributed by atoms with Gasteiger partial charge in [0.05, 0.1) is 5.92 Å². The molecular formula is C18H21N5O4. The molecule has 1 aromatic heterocycles. The second kappa shape index (κ2) is 7.26. The number of carbonyl (C=O) groups excluding carboxylic acids is 2. The van der Waals surface area contributed by atoms with Crippen molar-refractivity contribution >= 4 is 23.5 Å². The van der Waals surface area contributed by atoms with Crippen molar-refractivity contribution in [2.24, 2.45) is 5.92 Å². The second-order valence-corrected chi connectivity index (χ2v) is 6.55. The van der Waals surface area contributed by atoms with Crippen molar-refractivity contribution in [1.82, 2.24) is 14.8 Å². The highest BCUT2D eigenvalue weighted by Crippen LogP contribution is 2.36. The molecule has 1 saturated heterocycles. The number of fused-ring (bicyclic) bond motifs is 1. The summed E-state index contributed by atoms with van der Waals surface area (Å²) in [7, 11) is 0. The van der Waals surface area contributed by atoms with Crippen LogP contribution in [0.1, 0.15) is 19.8 Å². The minimum absolute atomic E-state index is 0.101. The van der Waals surface area contributed by atoms with Gasteiger partial charge in [0.15, 0.2) is 11.5 Å². The van der Waals surface area contributed by atoms with Gasteiger partial charge in [0, 0.05) is 31.3 Å². The van der Waals surface area contributed by atoms with E-state index >= 15 is 0 Å². The Balaban J connectivity index is 1.43. The highest BCUT2D eigenvalue weighted by molar-refractivity contribution is 6.03. The van der Waals surface area contributed by atoms with Crippen molar-refractivity contribution in [3.63, 3.8) is 0 Å². The van der Waals surface area contributed by atoms with Crippen LogP contribution in [0.5, 0.6) is 11.5 Å². The molecule has 0 bridgehead atoms. The average molecular weight is 371 g/mol. The van der Waals surface area contributed by atoms with E-state index in [-0.39, 0.29) is 24.2 Å². The topological polar surface area (TPSA) is 98.6 Å². The maximum Gasteiger partial charge on any atom is 0.248 e. The highest BCUT2D eigenvalue weighted by atomic mass is 16.6. The number of benzene rings is 1. The standard InChI is InChI=1S/C18H21N5O4/c1-2-5-22-11-19-18(21-22)20-17(25)12-8-16(24)23(10-12)13-3-4-14-15(9-13)27-7-6-26-14/h3-4,9,11-12H,2,5-8,10H2,1H3,(H,20,21,25). The number of carbonyl (C=O) groups is 2. The predicted molar refractivity (Wildman–Crippen MR) is 96.8 cm³/mol. The fourth-order valence-electron chi connectivity index (χ4n) is 3.23. The fourth-order valence-corrected chi connectivity index (χ4v) is 3.23. The van der Waals surface area contributed by atoms with E-state index in [2.05, 4.69) is 15.4 Å². The molecule has 1 N–H and O–H groups in total. The van der Waals surface area contributed by atoms with Crippen molar-refractivity contribution < 1.29 is 19.1 Å². The lowest BCUT2D eigenvalue weighted by Gasteiger charge is -2.22. The molecule has 9 heteroatoms. The summed E-state index contributed by atoms with van der Waals surface area (Å²) in [6.45, 7) is 4.07. The first-order valence-corrected chi connectivity index (χ1v) is 9.04. The molecule has 2 aliphatic rings. The van der Waals surface area contributed by atoms with Crippen LogP contribution in [0.2, 0.25) is 0 Å². The molecule has 2 amide bonds. The molecule has 9 nitrogen and oxygen atoms in total. The quantitative estimate of drug-likeness (QED) is 0.854. The Labute approximate surface area is 156 Å². The van der Waals surface area contributed by atoms with Gasteiger partial charge in [-0.3, -0.25) is 19.6 Å². The zero-order valence-electron chi connectivity index (χ0n) is 15.1.